The van der Waals surface area contributed by atoms with Gasteiger partial charge in [-0.3, -0.25) is 15.7 Å². The highest BCUT2D eigenvalue weighted by molar-refractivity contribution is 6.03. The molecule has 1 aliphatic heterocycles. The molecule has 0 spiro atoms. The highest BCUT2D eigenvalue weighted by atomic mass is 19.4. The van der Waals surface area contributed by atoms with E-state index in [0.29, 0.717) is 4.90 Å². The molecule has 0 saturated carbocycles. The number of amides is 1. The summed E-state index contributed by atoms with van der Waals surface area (Å²) in [5, 5.41) is 15.0. The second-order valence-electron chi connectivity index (χ2n) is 6.09. The van der Waals surface area contributed by atoms with Gasteiger partial charge in [0.2, 0.25) is 5.84 Å². The molecule has 1 fully saturated rings. The van der Waals surface area contributed by atoms with E-state index >= 15 is 0 Å². The van der Waals surface area contributed by atoms with Crippen molar-refractivity contribution >= 4 is 17.8 Å². The van der Waals surface area contributed by atoms with Gasteiger partial charge in [0.05, 0.1) is 12.6 Å². The molecule has 126 valence electrons. The second kappa shape index (κ2) is 6.13. The number of carbonyl (C=O) groups excluding carboxylic acids is 1. The molecule has 0 aliphatic carbocycles. The smallest absolute Gasteiger partial charge is 0.444 e. The SMILES string of the molecule is CCC1CN(C(=O)OC(C)(C)C)CC(=N)N1C(=N)C(F)(F)F. The lowest BCUT2D eigenvalue weighted by Gasteiger charge is -2.42. The molecule has 1 amide bonds. The number of nitrogens with zero attached hydrogens (tertiary/aromatic N) is 2. The molecule has 1 heterocycles. The van der Waals surface area contributed by atoms with Crippen LogP contribution in [0.1, 0.15) is 34.1 Å². The number of amidine groups is 2. The Morgan fingerprint density at radius 1 is 1.36 bits per heavy atom. The molecular formula is C13H21F3N4O2. The van der Waals surface area contributed by atoms with Gasteiger partial charge in [0, 0.05) is 6.54 Å². The summed E-state index contributed by atoms with van der Waals surface area (Å²) in [6.07, 6.45) is -5.23. The third-order valence-electron chi connectivity index (χ3n) is 3.06. The Morgan fingerprint density at radius 2 is 1.91 bits per heavy atom. The van der Waals surface area contributed by atoms with Crippen LogP contribution >= 0.6 is 0 Å². The lowest BCUT2D eigenvalue weighted by atomic mass is 10.1. The van der Waals surface area contributed by atoms with E-state index in [9.17, 15) is 18.0 Å². The van der Waals surface area contributed by atoms with Crippen molar-refractivity contribution in [1.82, 2.24) is 9.80 Å². The van der Waals surface area contributed by atoms with Crippen molar-refractivity contribution in [2.45, 2.75) is 51.9 Å². The minimum Gasteiger partial charge on any atom is -0.444 e. The first kappa shape index (κ1) is 18.2. The number of alkyl halides is 3. The van der Waals surface area contributed by atoms with E-state index in [4.69, 9.17) is 15.6 Å². The van der Waals surface area contributed by atoms with Crippen LogP contribution in [0, 0.1) is 10.8 Å². The van der Waals surface area contributed by atoms with Crippen LogP contribution in [-0.2, 0) is 4.74 Å². The second-order valence-corrected chi connectivity index (χ2v) is 6.09. The topological polar surface area (TPSA) is 80.5 Å². The Kier molecular flexibility index (Phi) is 5.09. The van der Waals surface area contributed by atoms with Crippen LogP contribution < -0.4 is 0 Å². The Balaban J connectivity index is 2.91. The number of ether oxygens (including phenoxy) is 1. The van der Waals surface area contributed by atoms with Crippen LogP contribution in [0.2, 0.25) is 0 Å². The lowest BCUT2D eigenvalue weighted by molar-refractivity contribution is -0.0695. The summed E-state index contributed by atoms with van der Waals surface area (Å²) >= 11 is 0. The molecular weight excluding hydrogens is 301 g/mol. The molecule has 0 aromatic carbocycles. The quantitative estimate of drug-likeness (QED) is 0.575. The third kappa shape index (κ3) is 4.35. The average molecular weight is 322 g/mol. The Morgan fingerprint density at radius 3 is 2.32 bits per heavy atom. The molecule has 1 saturated heterocycles. The van der Waals surface area contributed by atoms with Gasteiger partial charge in [-0.1, -0.05) is 6.92 Å². The van der Waals surface area contributed by atoms with Crippen molar-refractivity contribution in [3.05, 3.63) is 0 Å². The normalized spacial score (nSPS) is 20.1. The van der Waals surface area contributed by atoms with E-state index in [2.05, 4.69) is 0 Å². The van der Waals surface area contributed by atoms with Crippen LogP contribution in [0.25, 0.3) is 0 Å². The first-order valence-electron chi connectivity index (χ1n) is 6.87. The Labute approximate surface area is 127 Å². The minimum atomic E-state index is -4.83. The zero-order chi connectivity index (χ0) is 17.3. The molecule has 6 nitrogen and oxygen atoms in total. The number of hydrogen-bond donors (Lipinski definition) is 2. The highest BCUT2D eigenvalue weighted by Crippen LogP contribution is 2.25. The van der Waals surface area contributed by atoms with Crippen LogP contribution in [0.3, 0.4) is 0 Å². The van der Waals surface area contributed by atoms with Crippen molar-refractivity contribution in [1.29, 1.82) is 10.8 Å². The van der Waals surface area contributed by atoms with E-state index in [1.54, 1.807) is 27.7 Å². The van der Waals surface area contributed by atoms with Crippen LogP contribution in [0.5, 0.6) is 0 Å². The molecule has 1 unspecified atom stereocenters. The Hall–Kier alpha value is -1.80. The third-order valence-corrected chi connectivity index (χ3v) is 3.06. The van der Waals surface area contributed by atoms with Crippen LogP contribution in [0.4, 0.5) is 18.0 Å². The Bertz CT molecular complexity index is 471. The minimum absolute atomic E-state index is 0.0216. The number of hydrogen-bond acceptors (Lipinski definition) is 4. The van der Waals surface area contributed by atoms with Crippen molar-refractivity contribution in [3.63, 3.8) is 0 Å². The molecule has 1 rings (SSSR count). The summed E-state index contributed by atoms with van der Waals surface area (Å²) in [5.41, 5.74) is -0.725. The summed E-state index contributed by atoms with van der Waals surface area (Å²) in [6, 6.07) is -0.775. The fourth-order valence-electron chi connectivity index (χ4n) is 2.11. The molecule has 1 aliphatic rings. The molecule has 9 heteroatoms. The first-order valence-corrected chi connectivity index (χ1v) is 6.87. The van der Waals surface area contributed by atoms with E-state index < -0.39 is 35.6 Å². The number of piperazine rings is 1. The molecule has 22 heavy (non-hydrogen) atoms. The maximum Gasteiger partial charge on any atom is 0.449 e. The van der Waals surface area contributed by atoms with Gasteiger partial charge in [-0.25, -0.2) is 4.79 Å². The fraction of sp³-hybridized carbons (Fsp3) is 0.769. The van der Waals surface area contributed by atoms with Gasteiger partial charge in [-0.05, 0) is 27.2 Å². The largest absolute Gasteiger partial charge is 0.449 e. The zero-order valence-electron chi connectivity index (χ0n) is 13.0. The average Bonchev–Trinajstić information content (AvgIpc) is 2.33. The first-order chi connectivity index (χ1) is 9.86. The zero-order valence-corrected chi connectivity index (χ0v) is 13.0. The maximum absolute atomic E-state index is 12.7. The van der Waals surface area contributed by atoms with Gasteiger partial charge in [0.1, 0.15) is 11.4 Å². The number of halogens is 3. The van der Waals surface area contributed by atoms with Gasteiger partial charge in [-0.2, -0.15) is 13.2 Å². The van der Waals surface area contributed by atoms with Gasteiger partial charge < -0.3 is 9.64 Å². The van der Waals surface area contributed by atoms with Crippen LogP contribution in [0.15, 0.2) is 0 Å². The van der Waals surface area contributed by atoms with E-state index in [1.165, 1.54) is 4.90 Å². The van der Waals surface area contributed by atoms with Gasteiger partial charge >= 0.3 is 12.3 Å². The van der Waals surface area contributed by atoms with Gasteiger partial charge in [-0.15, -0.1) is 0 Å². The van der Waals surface area contributed by atoms with Crippen molar-refractivity contribution < 1.29 is 22.7 Å². The molecule has 0 aromatic heterocycles. The lowest BCUT2D eigenvalue weighted by Crippen LogP contribution is -2.61. The summed E-state index contributed by atoms with van der Waals surface area (Å²) in [5.74, 6) is -2.01. The molecule has 2 N–H and O–H groups in total. The van der Waals surface area contributed by atoms with Crippen molar-refractivity contribution in [3.8, 4) is 0 Å². The number of rotatable bonds is 1. The summed E-state index contributed by atoms with van der Waals surface area (Å²) in [7, 11) is 0. The fourth-order valence-corrected chi connectivity index (χ4v) is 2.11. The predicted molar refractivity (Wildman–Crippen MR) is 75.2 cm³/mol. The van der Waals surface area contributed by atoms with Crippen LogP contribution in [-0.4, -0.2) is 58.5 Å². The molecule has 0 bridgehead atoms. The van der Waals surface area contributed by atoms with Gasteiger partial charge in [0.15, 0.2) is 0 Å². The summed E-state index contributed by atoms with van der Waals surface area (Å²) in [6.45, 7) is 6.36. The van der Waals surface area contributed by atoms with E-state index in [0.717, 1.165) is 0 Å². The molecule has 1 atom stereocenters. The maximum atomic E-state index is 12.7. The van der Waals surface area contributed by atoms with E-state index in [-0.39, 0.29) is 19.5 Å². The standard InChI is InChI=1S/C13H21F3N4O2/c1-5-8-6-19(11(21)22-12(2,3)4)7-9(17)20(8)10(18)13(14,15)16/h8,17-18H,5-7H2,1-4H3. The van der Waals surface area contributed by atoms with Gasteiger partial charge in [0.25, 0.3) is 0 Å². The molecule has 0 radical (unpaired) electrons. The highest BCUT2D eigenvalue weighted by Gasteiger charge is 2.45. The molecule has 0 aromatic rings. The monoisotopic (exact) mass is 322 g/mol. The number of nitrogens with one attached hydrogen (secondary N) is 2. The summed E-state index contributed by atoms with van der Waals surface area (Å²) in [4.78, 5) is 13.8. The van der Waals surface area contributed by atoms with Crippen molar-refractivity contribution in [2.75, 3.05) is 13.1 Å². The van der Waals surface area contributed by atoms with Crippen molar-refractivity contribution in [2.24, 2.45) is 0 Å². The predicted octanol–water partition coefficient (Wildman–Crippen LogP) is 2.83. The summed E-state index contributed by atoms with van der Waals surface area (Å²) < 4.78 is 43.4. The van der Waals surface area contributed by atoms with E-state index in [1.807, 2.05) is 0 Å². The number of carbonyl (C=O) groups is 1.